The first kappa shape index (κ1) is 16.2. The Labute approximate surface area is 148 Å². The molecule has 3 aromatic rings. The fourth-order valence-electron chi connectivity index (χ4n) is 3.88. The van der Waals surface area contributed by atoms with E-state index in [4.69, 9.17) is 5.11 Å². The van der Waals surface area contributed by atoms with Gasteiger partial charge in [-0.2, -0.15) is 0 Å². The molecule has 1 aliphatic heterocycles. The van der Waals surface area contributed by atoms with Gasteiger partial charge in [0.05, 0.1) is 12.1 Å². The first-order chi connectivity index (χ1) is 12.3. The lowest BCUT2D eigenvalue weighted by molar-refractivity contribution is 0.282. The van der Waals surface area contributed by atoms with Gasteiger partial charge in [0, 0.05) is 24.7 Å². The van der Waals surface area contributed by atoms with E-state index < -0.39 is 0 Å². The molecule has 0 amide bonds. The Kier molecular flexibility index (Phi) is 4.77. The van der Waals surface area contributed by atoms with Crippen LogP contribution in [-0.4, -0.2) is 28.1 Å². The van der Waals surface area contributed by atoms with Crippen molar-refractivity contribution in [1.82, 2.24) is 9.88 Å². The molecule has 1 fully saturated rings. The van der Waals surface area contributed by atoms with Gasteiger partial charge in [0.15, 0.2) is 0 Å². The molecule has 1 aromatic heterocycles. The standard InChI is InChI=1S/C22H24N2O/c25-16-18-8-6-17(7-9-18)13-19-10-12-24(14-19)15-20-3-1-5-22-21(20)4-2-11-23-22/h1-9,11,19,25H,10,12-16H2/t19-/m0/s1. The first-order valence-corrected chi connectivity index (χ1v) is 9.05. The molecule has 3 nitrogen and oxygen atoms in total. The topological polar surface area (TPSA) is 36.4 Å². The molecule has 4 rings (SSSR count). The number of rotatable bonds is 5. The van der Waals surface area contributed by atoms with E-state index in [0.29, 0.717) is 5.92 Å². The fraction of sp³-hybridized carbons (Fsp3) is 0.318. The van der Waals surface area contributed by atoms with Gasteiger partial charge in [0.2, 0.25) is 0 Å². The Hall–Kier alpha value is -2.23. The summed E-state index contributed by atoms with van der Waals surface area (Å²) in [6, 6.07) is 19.0. The molecule has 0 unspecified atom stereocenters. The highest BCUT2D eigenvalue weighted by atomic mass is 16.3. The zero-order valence-electron chi connectivity index (χ0n) is 14.4. The quantitative estimate of drug-likeness (QED) is 0.772. The monoisotopic (exact) mass is 332 g/mol. The Bertz CT molecular complexity index is 839. The summed E-state index contributed by atoms with van der Waals surface area (Å²) in [7, 11) is 0. The number of aliphatic hydroxyl groups is 1. The first-order valence-electron chi connectivity index (χ1n) is 9.05. The van der Waals surface area contributed by atoms with Crippen molar-refractivity contribution < 1.29 is 5.11 Å². The van der Waals surface area contributed by atoms with Crippen LogP contribution in [0.15, 0.2) is 60.8 Å². The van der Waals surface area contributed by atoms with Crippen molar-refractivity contribution >= 4 is 10.9 Å². The molecule has 1 aliphatic rings. The molecule has 0 aliphatic carbocycles. The largest absolute Gasteiger partial charge is 0.392 e. The van der Waals surface area contributed by atoms with Crippen LogP contribution in [0.1, 0.15) is 23.1 Å². The van der Waals surface area contributed by atoms with E-state index in [1.807, 2.05) is 24.4 Å². The third-order valence-electron chi connectivity index (χ3n) is 5.23. The van der Waals surface area contributed by atoms with Crippen molar-refractivity contribution in [3.63, 3.8) is 0 Å². The van der Waals surface area contributed by atoms with Crippen molar-refractivity contribution in [2.45, 2.75) is 26.0 Å². The number of hydrogen-bond donors (Lipinski definition) is 1. The van der Waals surface area contributed by atoms with Crippen LogP contribution in [0.25, 0.3) is 10.9 Å². The highest BCUT2D eigenvalue weighted by Crippen LogP contribution is 2.25. The molecule has 0 saturated carbocycles. The second-order valence-electron chi connectivity index (χ2n) is 7.06. The molecule has 3 heteroatoms. The molecular weight excluding hydrogens is 308 g/mol. The van der Waals surface area contributed by atoms with E-state index in [0.717, 1.165) is 37.1 Å². The smallest absolute Gasteiger partial charge is 0.0705 e. The number of aromatic nitrogens is 1. The Morgan fingerprint density at radius 1 is 1.00 bits per heavy atom. The van der Waals surface area contributed by atoms with Gasteiger partial charge in [-0.1, -0.05) is 42.5 Å². The molecule has 0 radical (unpaired) electrons. The maximum Gasteiger partial charge on any atom is 0.0705 e. The van der Waals surface area contributed by atoms with Crippen molar-refractivity contribution in [2.75, 3.05) is 13.1 Å². The Balaban J connectivity index is 1.40. The van der Waals surface area contributed by atoms with Gasteiger partial charge in [-0.15, -0.1) is 0 Å². The van der Waals surface area contributed by atoms with Gasteiger partial charge in [-0.05, 0) is 54.1 Å². The average molecular weight is 332 g/mol. The average Bonchev–Trinajstić information content (AvgIpc) is 3.09. The van der Waals surface area contributed by atoms with Crippen molar-refractivity contribution in [3.05, 3.63) is 77.5 Å². The molecule has 2 aromatic carbocycles. The van der Waals surface area contributed by atoms with Crippen molar-refractivity contribution in [3.8, 4) is 0 Å². The highest BCUT2D eigenvalue weighted by molar-refractivity contribution is 5.81. The molecule has 1 saturated heterocycles. The van der Waals surface area contributed by atoms with Gasteiger partial charge in [-0.3, -0.25) is 9.88 Å². The van der Waals surface area contributed by atoms with Crippen LogP contribution in [0.5, 0.6) is 0 Å². The van der Waals surface area contributed by atoms with Crippen LogP contribution in [0.2, 0.25) is 0 Å². The Morgan fingerprint density at radius 3 is 2.68 bits per heavy atom. The van der Waals surface area contributed by atoms with E-state index in [1.165, 1.54) is 22.9 Å². The normalized spacial score (nSPS) is 18.0. The number of likely N-dealkylation sites (tertiary alicyclic amines) is 1. The minimum Gasteiger partial charge on any atom is -0.392 e. The zero-order chi connectivity index (χ0) is 17.1. The number of nitrogens with zero attached hydrogens (tertiary/aromatic N) is 2. The van der Waals surface area contributed by atoms with E-state index >= 15 is 0 Å². The molecule has 0 bridgehead atoms. The van der Waals surface area contributed by atoms with Gasteiger partial charge in [0.25, 0.3) is 0 Å². The predicted octanol–water partition coefficient (Wildman–Crippen LogP) is 3.79. The van der Waals surface area contributed by atoms with Crippen LogP contribution in [-0.2, 0) is 19.6 Å². The van der Waals surface area contributed by atoms with E-state index in [-0.39, 0.29) is 6.61 Å². The fourth-order valence-corrected chi connectivity index (χ4v) is 3.88. The van der Waals surface area contributed by atoms with E-state index in [1.54, 1.807) is 0 Å². The van der Waals surface area contributed by atoms with Crippen LogP contribution < -0.4 is 0 Å². The summed E-state index contributed by atoms with van der Waals surface area (Å²) >= 11 is 0. The number of pyridine rings is 1. The molecule has 1 atom stereocenters. The SMILES string of the molecule is OCc1ccc(C[C@@H]2CCN(Cc3cccc4ncccc34)C2)cc1. The number of aliphatic hydroxyl groups excluding tert-OH is 1. The van der Waals surface area contributed by atoms with Crippen molar-refractivity contribution in [2.24, 2.45) is 5.92 Å². The summed E-state index contributed by atoms with van der Waals surface area (Å²) < 4.78 is 0. The van der Waals surface area contributed by atoms with Gasteiger partial charge in [-0.25, -0.2) is 0 Å². The lowest BCUT2D eigenvalue weighted by Gasteiger charge is -2.17. The lowest BCUT2D eigenvalue weighted by Crippen LogP contribution is -2.20. The van der Waals surface area contributed by atoms with Gasteiger partial charge >= 0.3 is 0 Å². The third kappa shape index (κ3) is 3.73. The molecule has 25 heavy (non-hydrogen) atoms. The zero-order valence-corrected chi connectivity index (χ0v) is 14.4. The summed E-state index contributed by atoms with van der Waals surface area (Å²) in [6.45, 7) is 3.44. The van der Waals surface area contributed by atoms with E-state index in [2.05, 4.69) is 46.3 Å². The second-order valence-corrected chi connectivity index (χ2v) is 7.06. The minimum absolute atomic E-state index is 0.122. The minimum atomic E-state index is 0.122. The van der Waals surface area contributed by atoms with Crippen LogP contribution in [0.4, 0.5) is 0 Å². The van der Waals surface area contributed by atoms with Crippen LogP contribution >= 0.6 is 0 Å². The lowest BCUT2D eigenvalue weighted by atomic mass is 9.98. The summed E-state index contributed by atoms with van der Waals surface area (Å²) in [4.78, 5) is 7.03. The molecule has 2 heterocycles. The predicted molar refractivity (Wildman–Crippen MR) is 101 cm³/mol. The highest BCUT2D eigenvalue weighted by Gasteiger charge is 2.23. The molecule has 128 valence electrons. The maximum absolute atomic E-state index is 9.15. The molecule has 1 N–H and O–H groups in total. The summed E-state index contributed by atoms with van der Waals surface area (Å²) in [5, 5.41) is 10.4. The third-order valence-corrected chi connectivity index (χ3v) is 5.23. The van der Waals surface area contributed by atoms with Crippen LogP contribution in [0.3, 0.4) is 0 Å². The number of fused-ring (bicyclic) bond motifs is 1. The summed E-state index contributed by atoms with van der Waals surface area (Å²) in [5.41, 5.74) is 4.82. The van der Waals surface area contributed by atoms with Crippen molar-refractivity contribution in [1.29, 1.82) is 0 Å². The molecular formula is C22H24N2O. The van der Waals surface area contributed by atoms with Gasteiger partial charge < -0.3 is 5.11 Å². The summed E-state index contributed by atoms with van der Waals surface area (Å²) in [6.07, 6.45) is 4.24. The number of hydrogen-bond acceptors (Lipinski definition) is 3. The number of benzene rings is 2. The van der Waals surface area contributed by atoms with Gasteiger partial charge in [0.1, 0.15) is 0 Å². The maximum atomic E-state index is 9.15. The van der Waals surface area contributed by atoms with E-state index in [9.17, 15) is 0 Å². The Morgan fingerprint density at radius 2 is 1.84 bits per heavy atom. The summed E-state index contributed by atoms with van der Waals surface area (Å²) in [5.74, 6) is 0.716. The second kappa shape index (κ2) is 7.34. The molecule has 0 spiro atoms. The van der Waals surface area contributed by atoms with Crippen LogP contribution in [0, 0.1) is 5.92 Å².